The lowest BCUT2D eigenvalue weighted by Crippen LogP contribution is -2.60. The molecule has 0 aromatic carbocycles. The molecular formula is C26H41N7O4. The van der Waals surface area contributed by atoms with Gasteiger partial charge in [-0.05, 0) is 46.5 Å². The number of H-pyrrole nitrogens is 1. The van der Waals surface area contributed by atoms with E-state index >= 15 is 0 Å². The average molecular weight is 516 g/mol. The van der Waals surface area contributed by atoms with Crippen LogP contribution in [0.15, 0.2) is 4.42 Å². The molecule has 2 N–H and O–H groups in total. The van der Waals surface area contributed by atoms with Gasteiger partial charge in [-0.25, -0.2) is 9.78 Å². The van der Waals surface area contributed by atoms with E-state index < -0.39 is 5.91 Å². The third-order valence-electron chi connectivity index (χ3n) is 7.89. The summed E-state index contributed by atoms with van der Waals surface area (Å²) < 4.78 is 11.0. The highest BCUT2D eigenvalue weighted by Gasteiger charge is 2.41. The number of oxazole rings is 1. The quantitative estimate of drug-likeness (QED) is 0.637. The highest BCUT2D eigenvalue weighted by Crippen LogP contribution is 2.37. The second-order valence-corrected chi connectivity index (χ2v) is 10.5. The number of aryl methyl sites for hydroxylation is 2. The van der Waals surface area contributed by atoms with Gasteiger partial charge >= 0.3 is 6.03 Å². The summed E-state index contributed by atoms with van der Waals surface area (Å²) in [6, 6.07) is 0.280. The molecule has 3 atom stereocenters. The summed E-state index contributed by atoms with van der Waals surface area (Å²) in [6.07, 6.45) is 2.23. The van der Waals surface area contributed by atoms with Gasteiger partial charge in [-0.1, -0.05) is 7.43 Å². The van der Waals surface area contributed by atoms with Gasteiger partial charge in [0.05, 0.1) is 24.0 Å². The number of anilines is 1. The molecule has 3 aliphatic heterocycles. The third-order valence-corrected chi connectivity index (χ3v) is 7.89. The van der Waals surface area contributed by atoms with Gasteiger partial charge in [0.25, 0.3) is 5.91 Å². The van der Waals surface area contributed by atoms with Crippen molar-refractivity contribution in [1.29, 1.82) is 0 Å². The van der Waals surface area contributed by atoms with Crippen LogP contribution in [-0.4, -0.2) is 86.8 Å². The van der Waals surface area contributed by atoms with Crippen LogP contribution in [0.5, 0.6) is 0 Å². The number of rotatable bonds is 4. The number of nitrogens with one attached hydrogen (secondary N) is 2. The molecule has 0 radical (unpaired) electrons. The van der Waals surface area contributed by atoms with E-state index in [1.807, 2.05) is 16.7 Å². The number of carbonyl (C=O) groups excluding carboxylic acids is 2. The van der Waals surface area contributed by atoms with E-state index in [9.17, 15) is 9.59 Å². The zero-order valence-electron chi connectivity index (χ0n) is 21.8. The Morgan fingerprint density at radius 2 is 1.81 bits per heavy atom. The molecule has 11 heteroatoms. The van der Waals surface area contributed by atoms with Crippen molar-refractivity contribution in [2.45, 2.75) is 79.6 Å². The lowest BCUT2D eigenvalue weighted by molar-refractivity contribution is 0.0127. The largest absolute Gasteiger partial charge is 0.436 e. The van der Waals surface area contributed by atoms with Crippen LogP contribution in [0.2, 0.25) is 0 Å². The number of aromatic nitrogens is 3. The predicted molar refractivity (Wildman–Crippen MR) is 139 cm³/mol. The maximum absolute atomic E-state index is 13.7. The molecule has 2 aromatic rings. The molecule has 0 saturated carbocycles. The molecule has 3 aliphatic rings. The number of carbonyl (C=O) groups is 2. The second-order valence-electron chi connectivity index (χ2n) is 10.5. The Morgan fingerprint density at radius 1 is 1.08 bits per heavy atom. The highest BCUT2D eigenvalue weighted by atomic mass is 16.5. The van der Waals surface area contributed by atoms with Crippen molar-refractivity contribution in [2.75, 3.05) is 38.2 Å². The number of fused-ring (bicyclic) bond motifs is 1. The molecule has 0 spiro atoms. The smallest absolute Gasteiger partial charge is 0.321 e. The molecule has 2 saturated heterocycles. The van der Waals surface area contributed by atoms with Gasteiger partial charge in [-0.15, -0.1) is 0 Å². The van der Waals surface area contributed by atoms with Gasteiger partial charge in [0.1, 0.15) is 0 Å². The van der Waals surface area contributed by atoms with Crippen LogP contribution in [0.3, 0.4) is 0 Å². The minimum atomic E-state index is -0.400. The fourth-order valence-corrected chi connectivity index (χ4v) is 5.74. The first kappa shape index (κ1) is 27.1. The summed E-state index contributed by atoms with van der Waals surface area (Å²) in [7, 11) is 0. The Hall–Kier alpha value is -2.92. The lowest BCUT2D eigenvalue weighted by atomic mass is 9.97. The van der Waals surface area contributed by atoms with E-state index in [1.54, 1.807) is 13.8 Å². The van der Waals surface area contributed by atoms with Crippen LogP contribution in [0.1, 0.15) is 80.5 Å². The number of aromatic amines is 1. The van der Waals surface area contributed by atoms with E-state index in [0.29, 0.717) is 42.5 Å². The van der Waals surface area contributed by atoms with Gasteiger partial charge in [0, 0.05) is 57.4 Å². The van der Waals surface area contributed by atoms with Gasteiger partial charge in [-0.2, -0.15) is 5.10 Å². The number of piperazine rings is 1. The predicted octanol–water partition coefficient (Wildman–Crippen LogP) is 3.72. The molecular weight excluding hydrogens is 474 g/mol. The van der Waals surface area contributed by atoms with Gasteiger partial charge in [0.15, 0.2) is 11.7 Å². The van der Waals surface area contributed by atoms with Crippen molar-refractivity contribution in [2.24, 2.45) is 5.92 Å². The fraction of sp³-hybridized carbons (Fsp3) is 0.692. The zero-order valence-corrected chi connectivity index (χ0v) is 21.8. The topological polar surface area (TPSA) is 120 Å². The van der Waals surface area contributed by atoms with Crippen molar-refractivity contribution < 1.29 is 18.7 Å². The summed E-state index contributed by atoms with van der Waals surface area (Å²) in [5.74, 6) is 1.30. The summed E-state index contributed by atoms with van der Waals surface area (Å²) in [5.41, 5.74) is 2.21. The molecule has 11 nitrogen and oxygen atoms in total. The Labute approximate surface area is 218 Å². The summed E-state index contributed by atoms with van der Waals surface area (Å²) in [6.45, 7) is 14.5. The monoisotopic (exact) mass is 515 g/mol. The zero-order chi connectivity index (χ0) is 25.6. The normalized spacial score (nSPS) is 24.6. The van der Waals surface area contributed by atoms with Crippen LogP contribution in [-0.2, 0) is 11.3 Å². The van der Waals surface area contributed by atoms with E-state index in [0.717, 1.165) is 50.4 Å². The third kappa shape index (κ3) is 5.24. The lowest BCUT2D eigenvalue weighted by Gasteiger charge is -2.46. The molecule has 37 heavy (non-hydrogen) atoms. The Bertz CT molecular complexity index is 1120. The van der Waals surface area contributed by atoms with Crippen molar-refractivity contribution >= 4 is 17.8 Å². The van der Waals surface area contributed by atoms with Gasteiger partial charge in [0.2, 0.25) is 5.76 Å². The number of amides is 3. The molecule has 5 rings (SSSR count). The second kappa shape index (κ2) is 10.8. The first-order chi connectivity index (χ1) is 17.2. The van der Waals surface area contributed by atoms with Crippen molar-refractivity contribution in [3.05, 3.63) is 28.6 Å². The molecule has 5 heterocycles. The number of nitrogens with zero attached hydrogens (tertiary/aromatic N) is 5. The molecule has 0 bridgehead atoms. The minimum absolute atomic E-state index is 0. The number of ether oxygens (including phenoxy) is 1. The number of urea groups is 1. The van der Waals surface area contributed by atoms with Gasteiger partial charge < -0.3 is 24.3 Å². The van der Waals surface area contributed by atoms with Crippen molar-refractivity contribution in [1.82, 2.24) is 29.9 Å². The van der Waals surface area contributed by atoms with Crippen molar-refractivity contribution in [3.8, 4) is 0 Å². The van der Waals surface area contributed by atoms with E-state index in [2.05, 4.69) is 39.2 Å². The maximum Gasteiger partial charge on any atom is 0.321 e. The van der Waals surface area contributed by atoms with Gasteiger partial charge in [-0.3, -0.25) is 14.8 Å². The first-order valence-electron chi connectivity index (χ1n) is 12.9. The summed E-state index contributed by atoms with van der Waals surface area (Å²) in [5, 5.41) is 10.2. The minimum Gasteiger partial charge on any atom is -0.436 e. The number of hydrogen-bond donors (Lipinski definition) is 2. The maximum atomic E-state index is 13.7. The SMILES string of the molecule is C.Cc1nc(C)c(C(=O)Nc2n[nH]c3c2CN(C(=O)N2C[C@@H](C)N(CC4CCOCC4)C[C@@H]2C)C3C)o1. The van der Waals surface area contributed by atoms with Crippen LogP contribution >= 0.6 is 0 Å². The summed E-state index contributed by atoms with van der Waals surface area (Å²) in [4.78, 5) is 37.0. The van der Waals surface area contributed by atoms with Crippen LogP contribution in [0, 0.1) is 19.8 Å². The molecule has 3 amide bonds. The van der Waals surface area contributed by atoms with E-state index in [-0.39, 0.29) is 31.3 Å². The highest BCUT2D eigenvalue weighted by molar-refractivity contribution is 6.03. The average Bonchev–Trinajstić information content (AvgIpc) is 3.50. The fourth-order valence-electron chi connectivity index (χ4n) is 5.74. The molecule has 204 valence electrons. The molecule has 2 aromatic heterocycles. The van der Waals surface area contributed by atoms with Crippen LogP contribution in [0.25, 0.3) is 0 Å². The van der Waals surface area contributed by atoms with Crippen LogP contribution in [0.4, 0.5) is 10.6 Å². The summed E-state index contributed by atoms with van der Waals surface area (Å²) >= 11 is 0. The molecule has 0 aliphatic carbocycles. The first-order valence-corrected chi connectivity index (χ1v) is 12.9. The molecule has 1 unspecified atom stereocenters. The van der Waals surface area contributed by atoms with E-state index in [1.165, 1.54) is 0 Å². The number of hydrogen-bond acceptors (Lipinski definition) is 7. The Morgan fingerprint density at radius 3 is 2.49 bits per heavy atom. The standard InChI is InChI=1S/C25H37N7O4.CH4/c1-14-11-31(15(2)10-30(14)12-19-6-8-35-9-7-19)25(34)32-13-20-21(17(32)4)28-29-23(20)27-24(33)22-16(3)26-18(5)36-22;/h14-15,17,19H,6-13H2,1-5H3,(H2,27,28,29,33);1H4/t14-,15+,17?;/m1./s1. The molecule has 2 fully saturated rings. The van der Waals surface area contributed by atoms with Crippen molar-refractivity contribution in [3.63, 3.8) is 0 Å². The van der Waals surface area contributed by atoms with E-state index in [4.69, 9.17) is 9.15 Å². The van der Waals surface area contributed by atoms with Crippen LogP contribution < -0.4 is 5.32 Å². The Kier molecular flexibility index (Phi) is 7.94. The Balaban J connectivity index is 0.00000320.